The Morgan fingerprint density at radius 3 is 2.39 bits per heavy atom. The van der Waals surface area contributed by atoms with E-state index in [0.29, 0.717) is 58.0 Å². The third-order valence-corrected chi connectivity index (χ3v) is 7.93. The fraction of sp³-hybridized carbons (Fsp3) is 0.324. The first-order chi connectivity index (χ1) is 21.8. The summed E-state index contributed by atoms with van der Waals surface area (Å²) in [4.78, 5) is 64.4. The second kappa shape index (κ2) is 15.0. The molecule has 0 radical (unpaired) electrons. The van der Waals surface area contributed by atoms with E-state index in [4.69, 9.17) is 21.1 Å². The van der Waals surface area contributed by atoms with Gasteiger partial charge in [-0.05, 0) is 85.8 Å². The van der Waals surface area contributed by atoms with E-state index in [1.54, 1.807) is 60.4 Å². The highest BCUT2D eigenvalue weighted by atomic mass is 35.5. The molecule has 0 fully saturated rings. The van der Waals surface area contributed by atoms with Crippen LogP contribution in [-0.2, 0) is 23.9 Å². The third kappa shape index (κ3) is 8.29. The number of nitrogens with zero attached hydrogens (tertiary/aromatic N) is 1. The van der Waals surface area contributed by atoms with Crippen molar-refractivity contribution in [2.45, 2.75) is 58.8 Å². The maximum atomic E-state index is 14.0. The summed E-state index contributed by atoms with van der Waals surface area (Å²) in [7, 11) is 0. The van der Waals surface area contributed by atoms with Crippen LogP contribution in [0.3, 0.4) is 0 Å². The van der Waals surface area contributed by atoms with Crippen molar-refractivity contribution in [3.8, 4) is 0 Å². The SMILES string of the molecule is CC(=O)OC(C)OC(=O)CNC(C(=O)O)C1CCCN(C(=O)c2ccc(NC(=O)c3ccccc3C)cc2C)c2ccc(Cl)cc21. The highest BCUT2D eigenvalue weighted by molar-refractivity contribution is 6.30. The molecule has 2 amide bonds. The number of ether oxygens (including phenoxy) is 2. The molecule has 0 aromatic heterocycles. The molecule has 0 spiro atoms. The number of benzene rings is 3. The topological polar surface area (TPSA) is 151 Å². The van der Waals surface area contributed by atoms with Crippen LogP contribution in [0.1, 0.15) is 70.0 Å². The van der Waals surface area contributed by atoms with E-state index < -0.39 is 42.7 Å². The molecule has 3 aromatic rings. The molecular formula is C34H36ClN3O8. The summed E-state index contributed by atoms with van der Waals surface area (Å²) < 4.78 is 9.82. The van der Waals surface area contributed by atoms with Crippen molar-refractivity contribution >= 4 is 52.7 Å². The van der Waals surface area contributed by atoms with E-state index in [-0.39, 0.29) is 11.8 Å². The van der Waals surface area contributed by atoms with Gasteiger partial charge in [0, 0.05) is 53.8 Å². The van der Waals surface area contributed by atoms with Crippen molar-refractivity contribution in [2.24, 2.45) is 0 Å². The smallest absolute Gasteiger partial charge is 0.323 e. The van der Waals surface area contributed by atoms with Crippen LogP contribution in [0.15, 0.2) is 60.7 Å². The zero-order valence-electron chi connectivity index (χ0n) is 26.0. The molecule has 0 saturated heterocycles. The van der Waals surface area contributed by atoms with Gasteiger partial charge in [-0.25, -0.2) is 0 Å². The van der Waals surface area contributed by atoms with Crippen LogP contribution in [0, 0.1) is 13.8 Å². The van der Waals surface area contributed by atoms with Crippen molar-refractivity contribution < 1.29 is 38.6 Å². The van der Waals surface area contributed by atoms with Crippen LogP contribution in [0.4, 0.5) is 11.4 Å². The summed E-state index contributed by atoms with van der Waals surface area (Å²) in [5.74, 6) is -3.82. The third-order valence-electron chi connectivity index (χ3n) is 7.69. The molecule has 0 bridgehead atoms. The lowest BCUT2D eigenvalue weighted by Crippen LogP contribution is -2.44. The highest BCUT2D eigenvalue weighted by Gasteiger charge is 2.36. The Hall–Kier alpha value is -4.74. The van der Waals surface area contributed by atoms with Gasteiger partial charge in [0.25, 0.3) is 11.8 Å². The number of hydrogen-bond acceptors (Lipinski definition) is 8. The van der Waals surface area contributed by atoms with Crippen LogP contribution >= 0.6 is 11.6 Å². The van der Waals surface area contributed by atoms with E-state index in [0.717, 1.165) is 5.56 Å². The van der Waals surface area contributed by atoms with E-state index >= 15 is 0 Å². The molecule has 0 aliphatic carbocycles. The van der Waals surface area contributed by atoms with Crippen molar-refractivity contribution in [3.05, 3.63) is 93.5 Å². The van der Waals surface area contributed by atoms with Gasteiger partial charge in [0.2, 0.25) is 6.29 Å². The minimum atomic E-state index is -1.22. The first-order valence-corrected chi connectivity index (χ1v) is 15.1. The summed E-state index contributed by atoms with van der Waals surface area (Å²) in [5, 5.41) is 16.2. The molecule has 46 heavy (non-hydrogen) atoms. The zero-order valence-corrected chi connectivity index (χ0v) is 26.7. The largest absolute Gasteiger partial charge is 0.480 e. The van der Waals surface area contributed by atoms with Crippen molar-refractivity contribution in [3.63, 3.8) is 0 Å². The van der Waals surface area contributed by atoms with E-state index in [9.17, 15) is 29.1 Å². The molecule has 11 nitrogen and oxygen atoms in total. The van der Waals surface area contributed by atoms with Crippen molar-refractivity contribution in [1.82, 2.24) is 5.32 Å². The fourth-order valence-electron chi connectivity index (χ4n) is 5.60. The standard InChI is InChI=1S/C34H36ClN3O8/c1-19-8-5-6-9-25(19)32(41)37-24-12-13-26(20(2)16-24)33(42)38-15-7-10-27(28-17-23(35)11-14-29(28)38)31(34(43)44)36-18-30(40)46-22(4)45-21(3)39/h5-6,8-9,11-14,16-17,22,27,31,36H,7,10,15,18H2,1-4H3,(H,37,41)(H,43,44). The Bertz CT molecular complexity index is 1660. The average molecular weight is 650 g/mol. The molecule has 1 heterocycles. The summed E-state index contributed by atoms with van der Waals surface area (Å²) in [6.07, 6.45) is -0.289. The lowest BCUT2D eigenvalue weighted by molar-refractivity contribution is -0.182. The number of esters is 2. The van der Waals surface area contributed by atoms with Gasteiger partial charge in [-0.1, -0.05) is 29.8 Å². The van der Waals surface area contributed by atoms with Crippen LogP contribution in [0.2, 0.25) is 5.02 Å². The van der Waals surface area contributed by atoms with Crippen molar-refractivity contribution in [1.29, 1.82) is 0 Å². The number of fused-ring (bicyclic) bond motifs is 1. The minimum Gasteiger partial charge on any atom is -0.480 e. The molecule has 1 aliphatic heterocycles. The quantitative estimate of drug-likeness (QED) is 0.198. The van der Waals surface area contributed by atoms with Gasteiger partial charge < -0.3 is 24.8 Å². The number of carboxylic acid groups (broad SMARTS) is 1. The molecule has 0 saturated carbocycles. The lowest BCUT2D eigenvalue weighted by Gasteiger charge is -2.28. The number of amides is 2. The summed E-state index contributed by atoms with van der Waals surface area (Å²) in [5.41, 5.74) is 4.06. The molecule has 242 valence electrons. The number of aryl methyl sites for hydroxylation is 2. The van der Waals surface area contributed by atoms with E-state index in [1.807, 2.05) is 19.1 Å². The Morgan fingerprint density at radius 1 is 0.978 bits per heavy atom. The Labute approximate surface area is 271 Å². The molecule has 3 aromatic carbocycles. The number of carbonyl (C=O) groups excluding carboxylic acids is 4. The molecular weight excluding hydrogens is 614 g/mol. The van der Waals surface area contributed by atoms with Crippen LogP contribution in [0.5, 0.6) is 0 Å². The predicted molar refractivity (Wildman–Crippen MR) is 172 cm³/mol. The number of anilines is 2. The van der Waals surface area contributed by atoms with E-state index in [2.05, 4.69) is 10.6 Å². The number of rotatable bonds is 10. The number of halogens is 1. The molecule has 1 aliphatic rings. The lowest BCUT2D eigenvalue weighted by atomic mass is 9.87. The molecule has 3 atom stereocenters. The number of nitrogens with one attached hydrogen (secondary N) is 2. The van der Waals surface area contributed by atoms with Crippen LogP contribution < -0.4 is 15.5 Å². The van der Waals surface area contributed by atoms with Crippen molar-refractivity contribution in [2.75, 3.05) is 23.3 Å². The van der Waals surface area contributed by atoms with Gasteiger partial charge in [-0.2, -0.15) is 0 Å². The monoisotopic (exact) mass is 649 g/mol. The number of aliphatic carboxylic acids is 1. The number of carbonyl (C=O) groups is 5. The number of carboxylic acids is 1. The first-order valence-electron chi connectivity index (χ1n) is 14.8. The second-order valence-corrected chi connectivity index (χ2v) is 11.5. The maximum absolute atomic E-state index is 14.0. The molecule has 12 heteroatoms. The average Bonchev–Trinajstić information content (AvgIpc) is 3.16. The van der Waals surface area contributed by atoms with Gasteiger partial charge in [0.15, 0.2) is 0 Å². The van der Waals surface area contributed by atoms with Gasteiger partial charge in [-0.15, -0.1) is 0 Å². The second-order valence-electron chi connectivity index (χ2n) is 11.1. The predicted octanol–water partition coefficient (Wildman–Crippen LogP) is 5.23. The van der Waals surface area contributed by atoms with Gasteiger partial charge in [0.05, 0.1) is 6.54 Å². The molecule has 3 unspecified atom stereocenters. The Morgan fingerprint density at radius 2 is 1.72 bits per heavy atom. The van der Waals surface area contributed by atoms with Crippen LogP contribution in [-0.4, -0.2) is 60.3 Å². The van der Waals surface area contributed by atoms with Gasteiger partial charge in [0.1, 0.15) is 6.04 Å². The molecule has 4 rings (SSSR count). The normalized spacial score (nSPS) is 15.5. The number of hydrogen-bond donors (Lipinski definition) is 3. The Kier molecular flexibility index (Phi) is 11.2. The first kappa shape index (κ1) is 34.1. The van der Waals surface area contributed by atoms with E-state index in [1.165, 1.54) is 13.8 Å². The van der Waals surface area contributed by atoms with Crippen LogP contribution in [0.25, 0.3) is 0 Å². The van der Waals surface area contributed by atoms with Gasteiger partial charge in [-0.3, -0.25) is 29.3 Å². The molecule has 3 N–H and O–H groups in total. The Balaban J connectivity index is 1.56. The van der Waals surface area contributed by atoms with Gasteiger partial charge >= 0.3 is 17.9 Å². The summed E-state index contributed by atoms with van der Waals surface area (Å²) >= 11 is 6.37. The summed E-state index contributed by atoms with van der Waals surface area (Å²) in [6, 6.07) is 16.1. The maximum Gasteiger partial charge on any atom is 0.323 e. The highest BCUT2D eigenvalue weighted by Crippen LogP contribution is 2.39. The summed E-state index contributed by atoms with van der Waals surface area (Å²) in [6.45, 7) is 6.05. The fourth-order valence-corrected chi connectivity index (χ4v) is 5.78. The minimum absolute atomic E-state index is 0.255. The zero-order chi connectivity index (χ0) is 33.5.